The molecule has 1 saturated heterocycles. The lowest BCUT2D eigenvalue weighted by Crippen LogP contribution is -2.52. The van der Waals surface area contributed by atoms with E-state index in [1.165, 1.54) is 56.8 Å². The zero-order valence-electron chi connectivity index (χ0n) is 14.0. The van der Waals surface area contributed by atoms with Crippen LogP contribution in [-0.2, 0) is 0 Å². The van der Waals surface area contributed by atoms with Gasteiger partial charge in [0.05, 0.1) is 0 Å². The average molecular weight is 299 g/mol. The number of nitrogens with zero attached hydrogens (tertiary/aromatic N) is 1. The monoisotopic (exact) mass is 298 g/mol. The first-order chi connectivity index (χ1) is 9.51. The molecule has 0 aromatic carbocycles. The van der Waals surface area contributed by atoms with Crippen LogP contribution in [0.1, 0.15) is 53.4 Å². The van der Waals surface area contributed by atoms with Gasteiger partial charge in [0.25, 0.3) is 0 Å². The largest absolute Gasteiger partial charge is 0.314 e. The van der Waals surface area contributed by atoms with Crippen molar-refractivity contribution >= 4 is 11.8 Å². The van der Waals surface area contributed by atoms with Crippen LogP contribution in [0.3, 0.4) is 0 Å². The average Bonchev–Trinajstić information content (AvgIpc) is 2.39. The van der Waals surface area contributed by atoms with Crippen molar-refractivity contribution in [3.8, 4) is 0 Å². The van der Waals surface area contributed by atoms with Crippen molar-refractivity contribution in [2.45, 2.75) is 65.5 Å². The molecule has 0 aromatic heterocycles. The van der Waals surface area contributed by atoms with Crippen molar-refractivity contribution in [1.82, 2.24) is 10.2 Å². The topological polar surface area (TPSA) is 15.3 Å². The van der Waals surface area contributed by atoms with Gasteiger partial charge in [-0.3, -0.25) is 4.90 Å². The molecule has 0 amide bonds. The molecule has 3 atom stereocenters. The molecule has 0 aromatic rings. The van der Waals surface area contributed by atoms with Crippen molar-refractivity contribution in [3.63, 3.8) is 0 Å². The fourth-order valence-corrected chi connectivity index (χ4v) is 5.06. The molecule has 2 nitrogen and oxygen atoms in total. The quantitative estimate of drug-likeness (QED) is 0.834. The smallest absolute Gasteiger partial charge is 0.0158 e. The van der Waals surface area contributed by atoms with E-state index in [1.54, 1.807) is 0 Å². The summed E-state index contributed by atoms with van der Waals surface area (Å²) in [5, 5.41) is 3.75. The highest BCUT2D eigenvalue weighted by Crippen LogP contribution is 2.40. The molecule has 0 spiro atoms. The molecule has 1 N–H and O–H groups in total. The van der Waals surface area contributed by atoms with Crippen molar-refractivity contribution in [2.24, 2.45) is 11.3 Å². The zero-order chi connectivity index (χ0) is 14.6. The lowest BCUT2D eigenvalue weighted by atomic mass is 9.69. The number of hydrogen-bond donors (Lipinski definition) is 1. The Morgan fingerprint density at radius 3 is 2.80 bits per heavy atom. The highest BCUT2D eigenvalue weighted by atomic mass is 32.2. The van der Waals surface area contributed by atoms with E-state index in [9.17, 15) is 0 Å². The first-order valence-electron chi connectivity index (χ1n) is 8.56. The maximum atomic E-state index is 3.75. The summed E-state index contributed by atoms with van der Waals surface area (Å²) in [5.74, 6) is 3.56. The van der Waals surface area contributed by atoms with Gasteiger partial charge in [-0.1, -0.05) is 33.6 Å². The maximum Gasteiger partial charge on any atom is 0.0158 e. The third-order valence-electron chi connectivity index (χ3n) is 5.11. The van der Waals surface area contributed by atoms with Crippen LogP contribution in [0.2, 0.25) is 0 Å². The van der Waals surface area contributed by atoms with E-state index >= 15 is 0 Å². The molecule has 3 unspecified atom stereocenters. The molecule has 1 aliphatic heterocycles. The van der Waals surface area contributed by atoms with Gasteiger partial charge >= 0.3 is 0 Å². The van der Waals surface area contributed by atoms with Crippen LogP contribution < -0.4 is 5.32 Å². The number of nitrogens with one attached hydrogen (secondary N) is 1. The van der Waals surface area contributed by atoms with Gasteiger partial charge in [0.1, 0.15) is 0 Å². The van der Waals surface area contributed by atoms with Crippen LogP contribution in [0.25, 0.3) is 0 Å². The van der Waals surface area contributed by atoms with Gasteiger partial charge in [-0.05, 0) is 31.1 Å². The molecule has 20 heavy (non-hydrogen) atoms. The second-order valence-corrected chi connectivity index (χ2v) is 8.78. The molecule has 3 heteroatoms. The van der Waals surface area contributed by atoms with Crippen molar-refractivity contribution in [2.75, 3.05) is 31.1 Å². The number of thioether (sulfide) groups is 1. The van der Waals surface area contributed by atoms with E-state index in [2.05, 4.69) is 49.7 Å². The summed E-state index contributed by atoms with van der Waals surface area (Å²) in [6, 6.07) is 1.38. The van der Waals surface area contributed by atoms with Crippen molar-refractivity contribution < 1.29 is 0 Å². The van der Waals surface area contributed by atoms with Crippen LogP contribution in [0, 0.1) is 11.3 Å². The Labute approximate surface area is 130 Å². The number of rotatable bonds is 5. The molecule has 118 valence electrons. The third-order valence-corrected chi connectivity index (χ3v) is 6.30. The van der Waals surface area contributed by atoms with Crippen LogP contribution in [0.5, 0.6) is 0 Å². The highest BCUT2D eigenvalue weighted by molar-refractivity contribution is 7.99. The summed E-state index contributed by atoms with van der Waals surface area (Å²) in [4.78, 5) is 2.77. The fourth-order valence-electron chi connectivity index (χ4n) is 3.98. The Balaban J connectivity index is 2.01. The minimum absolute atomic E-state index is 0.526. The van der Waals surface area contributed by atoms with Gasteiger partial charge in [-0.15, -0.1) is 0 Å². The van der Waals surface area contributed by atoms with Gasteiger partial charge in [-0.2, -0.15) is 11.8 Å². The van der Waals surface area contributed by atoms with E-state index in [0.29, 0.717) is 11.5 Å². The van der Waals surface area contributed by atoms with E-state index in [4.69, 9.17) is 0 Å². The SMILES string of the molecule is CC1CCCC(CNC(C)C)(CN2CCSCC2C)C1. The second kappa shape index (κ2) is 7.51. The lowest BCUT2D eigenvalue weighted by Gasteiger charge is -2.46. The molecular formula is C17H34N2S. The summed E-state index contributed by atoms with van der Waals surface area (Å²) in [6.07, 6.45) is 5.71. The molecule has 1 aliphatic carbocycles. The fraction of sp³-hybridized carbons (Fsp3) is 1.00. The van der Waals surface area contributed by atoms with Gasteiger partial charge in [0.2, 0.25) is 0 Å². The van der Waals surface area contributed by atoms with Crippen molar-refractivity contribution in [3.05, 3.63) is 0 Å². The van der Waals surface area contributed by atoms with Crippen LogP contribution >= 0.6 is 11.8 Å². The van der Waals surface area contributed by atoms with Crippen molar-refractivity contribution in [1.29, 1.82) is 0 Å². The molecule has 2 rings (SSSR count). The predicted octanol–water partition coefficient (Wildman–Crippen LogP) is 3.62. The van der Waals surface area contributed by atoms with Gasteiger partial charge < -0.3 is 5.32 Å². The van der Waals surface area contributed by atoms with Gasteiger partial charge in [0.15, 0.2) is 0 Å². The second-order valence-electron chi connectivity index (χ2n) is 7.63. The van der Waals surface area contributed by atoms with E-state index in [-0.39, 0.29) is 0 Å². The van der Waals surface area contributed by atoms with Crippen LogP contribution in [-0.4, -0.2) is 48.1 Å². The molecule has 0 radical (unpaired) electrons. The van der Waals surface area contributed by atoms with E-state index < -0.39 is 0 Å². The lowest BCUT2D eigenvalue weighted by molar-refractivity contribution is 0.0660. The minimum atomic E-state index is 0.526. The normalized spacial score (nSPS) is 36.5. The highest BCUT2D eigenvalue weighted by Gasteiger charge is 2.37. The number of hydrogen-bond acceptors (Lipinski definition) is 3. The van der Waals surface area contributed by atoms with E-state index in [0.717, 1.165) is 12.0 Å². The summed E-state index contributed by atoms with van der Waals surface area (Å²) < 4.78 is 0. The zero-order valence-corrected chi connectivity index (χ0v) is 14.8. The maximum absolute atomic E-state index is 3.75. The molecule has 2 fully saturated rings. The standard InChI is InChI=1S/C17H34N2S/c1-14(2)18-12-17(7-5-6-15(3)10-17)13-19-8-9-20-11-16(19)4/h14-16,18H,5-13H2,1-4H3. The first-order valence-corrected chi connectivity index (χ1v) is 9.71. The van der Waals surface area contributed by atoms with Gasteiger partial charge in [-0.25, -0.2) is 0 Å². The minimum Gasteiger partial charge on any atom is -0.314 e. The Hall–Kier alpha value is 0.270. The Morgan fingerprint density at radius 2 is 2.15 bits per heavy atom. The summed E-state index contributed by atoms with van der Waals surface area (Å²) in [5.41, 5.74) is 0.526. The summed E-state index contributed by atoms with van der Waals surface area (Å²) in [7, 11) is 0. The summed E-state index contributed by atoms with van der Waals surface area (Å²) >= 11 is 2.13. The van der Waals surface area contributed by atoms with Gasteiger partial charge in [0, 0.05) is 43.2 Å². The van der Waals surface area contributed by atoms with Crippen LogP contribution in [0.4, 0.5) is 0 Å². The van der Waals surface area contributed by atoms with Crippen LogP contribution in [0.15, 0.2) is 0 Å². The summed E-state index contributed by atoms with van der Waals surface area (Å²) in [6.45, 7) is 13.3. The third kappa shape index (κ3) is 4.64. The van der Waals surface area contributed by atoms with E-state index in [1.807, 2.05) is 0 Å². The first kappa shape index (κ1) is 16.6. The Bertz CT molecular complexity index is 295. The molecule has 0 bridgehead atoms. The molecule has 1 heterocycles. The molecule has 1 saturated carbocycles. The molecular weight excluding hydrogens is 264 g/mol. The Morgan fingerprint density at radius 1 is 1.35 bits per heavy atom. The Kier molecular flexibility index (Phi) is 6.25. The predicted molar refractivity (Wildman–Crippen MR) is 91.6 cm³/mol. The molecule has 2 aliphatic rings.